The van der Waals surface area contributed by atoms with Gasteiger partial charge in [-0.1, -0.05) is 39.0 Å². The molecule has 1 unspecified atom stereocenters. The minimum atomic E-state index is 0.256. The predicted molar refractivity (Wildman–Crippen MR) is 68.4 cm³/mol. The number of likely N-dealkylation sites (tertiary alicyclic amines) is 1. The molecule has 1 aliphatic rings. The Morgan fingerprint density at radius 1 is 1.19 bits per heavy atom. The van der Waals surface area contributed by atoms with E-state index in [2.05, 4.69) is 6.92 Å². The van der Waals surface area contributed by atoms with Gasteiger partial charge in [-0.2, -0.15) is 0 Å². The van der Waals surface area contributed by atoms with E-state index in [1.807, 2.05) is 4.90 Å². The Balaban J connectivity index is 2.17. The Labute approximate surface area is 100 Å². The van der Waals surface area contributed by atoms with Gasteiger partial charge in [0, 0.05) is 20.0 Å². The van der Waals surface area contributed by atoms with Crippen LogP contribution >= 0.6 is 0 Å². The monoisotopic (exact) mass is 225 g/mol. The molecular weight excluding hydrogens is 198 g/mol. The SMILES string of the molecule is CCCCCCC1CCCN(C(C)=O)CC1. The van der Waals surface area contributed by atoms with E-state index < -0.39 is 0 Å². The largest absolute Gasteiger partial charge is 0.343 e. The van der Waals surface area contributed by atoms with E-state index >= 15 is 0 Å². The fourth-order valence-electron chi connectivity index (χ4n) is 2.63. The molecule has 0 saturated carbocycles. The van der Waals surface area contributed by atoms with Crippen molar-refractivity contribution in [3.63, 3.8) is 0 Å². The molecular formula is C14H27NO. The molecule has 1 atom stereocenters. The standard InChI is InChI=1S/C14H27NO/c1-3-4-5-6-8-14-9-7-11-15(12-10-14)13(2)16/h14H,3-12H2,1-2H3. The molecule has 0 aromatic rings. The quantitative estimate of drug-likeness (QED) is 0.655. The molecule has 0 aliphatic carbocycles. The number of amides is 1. The number of carbonyl (C=O) groups is 1. The van der Waals surface area contributed by atoms with Crippen LogP contribution in [0.25, 0.3) is 0 Å². The van der Waals surface area contributed by atoms with E-state index in [-0.39, 0.29) is 5.91 Å². The summed E-state index contributed by atoms with van der Waals surface area (Å²) in [4.78, 5) is 13.3. The number of unbranched alkanes of at least 4 members (excludes halogenated alkanes) is 3. The Kier molecular flexibility index (Phi) is 6.51. The maximum Gasteiger partial charge on any atom is 0.219 e. The zero-order valence-corrected chi connectivity index (χ0v) is 11.0. The molecule has 1 heterocycles. The summed E-state index contributed by atoms with van der Waals surface area (Å²) in [6, 6.07) is 0. The average Bonchev–Trinajstić information content (AvgIpc) is 2.50. The third-order valence-corrected chi connectivity index (χ3v) is 3.76. The summed E-state index contributed by atoms with van der Waals surface area (Å²) in [5, 5.41) is 0. The third kappa shape index (κ3) is 5.00. The summed E-state index contributed by atoms with van der Waals surface area (Å²) in [7, 11) is 0. The lowest BCUT2D eigenvalue weighted by Gasteiger charge is -2.18. The van der Waals surface area contributed by atoms with Crippen LogP contribution in [0.5, 0.6) is 0 Å². The van der Waals surface area contributed by atoms with Crippen molar-refractivity contribution >= 4 is 5.91 Å². The first kappa shape index (κ1) is 13.5. The first-order valence-electron chi connectivity index (χ1n) is 6.99. The van der Waals surface area contributed by atoms with Gasteiger partial charge in [0.2, 0.25) is 5.91 Å². The van der Waals surface area contributed by atoms with Gasteiger partial charge in [-0.05, 0) is 25.2 Å². The summed E-state index contributed by atoms with van der Waals surface area (Å²) in [5.41, 5.74) is 0. The number of nitrogens with zero attached hydrogens (tertiary/aromatic N) is 1. The van der Waals surface area contributed by atoms with Crippen molar-refractivity contribution in [2.75, 3.05) is 13.1 Å². The zero-order chi connectivity index (χ0) is 11.8. The first-order valence-corrected chi connectivity index (χ1v) is 6.99. The second kappa shape index (κ2) is 7.70. The lowest BCUT2D eigenvalue weighted by atomic mass is 9.94. The van der Waals surface area contributed by atoms with Gasteiger partial charge in [0.15, 0.2) is 0 Å². The van der Waals surface area contributed by atoms with Crippen LogP contribution in [0.3, 0.4) is 0 Å². The van der Waals surface area contributed by atoms with E-state index in [0.717, 1.165) is 19.0 Å². The van der Waals surface area contributed by atoms with Crippen LogP contribution in [0.2, 0.25) is 0 Å². The van der Waals surface area contributed by atoms with Crippen molar-refractivity contribution in [1.82, 2.24) is 4.90 Å². The van der Waals surface area contributed by atoms with Gasteiger partial charge in [-0.15, -0.1) is 0 Å². The van der Waals surface area contributed by atoms with Crippen molar-refractivity contribution in [3.05, 3.63) is 0 Å². The molecule has 16 heavy (non-hydrogen) atoms. The highest BCUT2D eigenvalue weighted by atomic mass is 16.2. The number of hydrogen-bond donors (Lipinski definition) is 0. The second-order valence-electron chi connectivity index (χ2n) is 5.15. The van der Waals surface area contributed by atoms with Crippen LogP contribution in [0.4, 0.5) is 0 Å². The average molecular weight is 225 g/mol. The van der Waals surface area contributed by atoms with Crippen LogP contribution in [0.1, 0.15) is 65.2 Å². The van der Waals surface area contributed by atoms with Crippen LogP contribution in [0, 0.1) is 5.92 Å². The fraction of sp³-hybridized carbons (Fsp3) is 0.929. The van der Waals surface area contributed by atoms with Crippen LogP contribution in [-0.4, -0.2) is 23.9 Å². The second-order valence-corrected chi connectivity index (χ2v) is 5.15. The predicted octanol–water partition coefficient (Wildman–Crippen LogP) is 3.61. The van der Waals surface area contributed by atoms with Gasteiger partial charge in [0.1, 0.15) is 0 Å². The molecule has 0 radical (unpaired) electrons. The molecule has 94 valence electrons. The normalized spacial score (nSPS) is 21.9. The Morgan fingerprint density at radius 3 is 2.69 bits per heavy atom. The van der Waals surface area contributed by atoms with E-state index in [1.54, 1.807) is 6.92 Å². The summed E-state index contributed by atoms with van der Waals surface area (Å²) >= 11 is 0. The molecule has 0 bridgehead atoms. The van der Waals surface area contributed by atoms with Crippen molar-refractivity contribution in [3.8, 4) is 0 Å². The van der Waals surface area contributed by atoms with Gasteiger partial charge in [0.25, 0.3) is 0 Å². The van der Waals surface area contributed by atoms with E-state index in [4.69, 9.17) is 0 Å². The summed E-state index contributed by atoms with van der Waals surface area (Å²) in [6.45, 7) is 5.94. The van der Waals surface area contributed by atoms with Gasteiger partial charge in [-0.3, -0.25) is 4.79 Å². The number of hydrogen-bond acceptors (Lipinski definition) is 1. The number of carbonyl (C=O) groups excluding carboxylic acids is 1. The van der Waals surface area contributed by atoms with E-state index in [9.17, 15) is 4.79 Å². The Morgan fingerprint density at radius 2 is 2.00 bits per heavy atom. The van der Waals surface area contributed by atoms with Crippen LogP contribution < -0.4 is 0 Å². The van der Waals surface area contributed by atoms with Crippen molar-refractivity contribution < 1.29 is 4.79 Å². The molecule has 0 aromatic carbocycles. The minimum Gasteiger partial charge on any atom is -0.343 e. The molecule has 2 heteroatoms. The highest BCUT2D eigenvalue weighted by molar-refractivity contribution is 5.73. The third-order valence-electron chi connectivity index (χ3n) is 3.76. The summed E-state index contributed by atoms with van der Waals surface area (Å²) in [5.74, 6) is 1.13. The molecule has 2 nitrogen and oxygen atoms in total. The van der Waals surface area contributed by atoms with Crippen molar-refractivity contribution in [1.29, 1.82) is 0 Å². The van der Waals surface area contributed by atoms with Crippen molar-refractivity contribution in [2.24, 2.45) is 5.92 Å². The maximum absolute atomic E-state index is 11.3. The topological polar surface area (TPSA) is 20.3 Å². The van der Waals surface area contributed by atoms with Gasteiger partial charge in [0.05, 0.1) is 0 Å². The first-order chi connectivity index (χ1) is 7.74. The van der Waals surface area contributed by atoms with Gasteiger partial charge >= 0.3 is 0 Å². The number of rotatable bonds is 5. The zero-order valence-electron chi connectivity index (χ0n) is 11.0. The molecule has 0 spiro atoms. The molecule has 1 aliphatic heterocycles. The van der Waals surface area contributed by atoms with E-state index in [0.29, 0.717) is 0 Å². The molecule has 1 rings (SSSR count). The van der Waals surface area contributed by atoms with Crippen molar-refractivity contribution in [2.45, 2.75) is 65.2 Å². The lowest BCUT2D eigenvalue weighted by molar-refractivity contribution is -0.128. The highest BCUT2D eigenvalue weighted by Gasteiger charge is 2.17. The van der Waals surface area contributed by atoms with Gasteiger partial charge in [-0.25, -0.2) is 0 Å². The van der Waals surface area contributed by atoms with Gasteiger partial charge < -0.3 is 4.90 Å². The molecule has 1 saturated heterocycles. The molecule has 0 N–H and O–H groups in total. The Hall–Kier alpha value is -0.530. The van der Waals surface area contributed by atoms with Crippen LogP contribution in [-0.2, 0) is 4.79 Å². The molecule has 0 aromatic heterocycles. The maximum atomic E-state index is 11.3. The fourth-order valence-corrected chi connectivity index (χ4v) is 2.63. The summed E-state index contributed by atoms with van der Waals surface area (Å²) in [6.07, 6.45) is 10.6. The smallest absolute Gasteiger partial charge is 0.219 e. The minimum absolute atomic E-state index is 0.256. The van der Waals surface area contributed by atoms with E-state index in [1.165, 1.54) is 51.4 Å². The lowest BCUT2D eigenvalue weighted by Crippen LogP contribution is -2.29. The Bertz CT molecular complexity index is 203. The molecule has 1 amide bonds. The summed E-state index contributed by atoms with van der Waals surface area (Å²) < 4.78 is 0. The molecule has 1 fully saturated rings. The highest BCUT2D eigenvalue weighted by Crippen LogP contribution is 2.23. The van der Waals surface area contributed by atoms with Crippen LogP contribution in [0.15, 0.2) is 0 Å².